The molecule has 136 valence electrons. The molecule has 0 aromatic rings. The minimum absolute atomic E-state index is 0.140. The summed E-state index contributed by atoms with van der Waals surface area (Å²) in [5.74, 6) is 3.05. The molecule has 0 radical (unpaired) electrons. The summed E-state index contributed by atoms with van der Waals surface area (Å²) in [4.78, 5) is 0. The second-order valence-electron chi connectivity index (χ2n) is 9.83. The molecule has 4 aliphatic carbocycles. The molecule has 2 nitrogen and oxygen atoms in total. The van der Waals surface area contributed by atoms with E-state index in [1.165, 1.54) is 44.9 Å². The zero-order valence-electron chi connectivity index (χ0n) is 16.1. The summed E-state index contributed by atoms with van der Waals surface area (Å²) >= 11 is 0. The topological polar surface area (TPSA) is 29.5 Å². The molecule has 2 heteroatoms. The molecule has 24 heavy (non-hydrogen) atoms. The quantitative estimate of drug-likeness (QED) is 0.724. The largest absolute Gasteiger partial charge is 0.393 e. The minimum Gasteiger partial charge on any atom is -0.393 e. The number of ether oxygens (including phenoxy) is 1. The van der Waals surface area contributed by atoms with Gasteiger partial charge in [-0.1, -0.05) is 25.5 Å². The van der Waals surface area contributed by atoms with Gasteiger partial charge in [-0.05, 0) is 92.8 Å². The number of methoxy groups -OCH3 is 1. The third-order valence-corrected chi connectivity index (χ3v) is 9.05. The van der Waals surface area contributed by atoms with Crippen LogP contribution < -0.4 is 0 Å². The fourth-order valence-electron chi connectivity index (χ4n) is 7.66. The van der Waals surface area contributed by atoms with E-state index < -0.39 is 0 Å². The van der Waals surface area contributed by atoms with Gasteiger partial charge < -0.3 is 9.84 Å². The Kier molecular flexibility index (Phi) is 4.16. The molecule has 8 atom stereocenters. The van der Waals surface area contributed by atoms with Crippen LogP contribution in [0.2, 0.25) is 0 Å². The van der Waals surface area contributed by atoms with E-state index in [4.69, 9.17) is 4.74 Å². The van der Waals surface area contributed by atoms with Gasteiger partial charge in [-0.2, -0.15) is 0 Å². The maximum absolute atomic E-state index is 10.3. The maximum Gasteiger partial charge on any atom is 0.0608 e. The predicted molar refractivity (Wildman–Crippen MR) is 97.7 cm³/mol. The van der Waals surface area contributed by atoms with Crippen LogP contribution in [0.4, 0.5) is 0 Å². The van der Waals surface area contributed by atoms with E-state index in [1.807, 2.05) is 14.0 Å². The average Bonchev–Trinajstić information content (AvgIpc) is 2.91. The van der Waals surface area contributed by atoms with Gasteiger partial charge in [0.1, 0.15) is 0 Å². The van der Waals surface area contributed by atoms with Crippen molar-refractivity contribution in [2.24, 2.45) is 34.5 Å². The number of rotatable bonds is 2. The summed E-state index contributed by atoms with van der Waals surface area (Å²) in [6.07, 6.45) is 13.2. The van der Waals surface area contributed by atoms with Crippen molar-refractivity contribution in [3.63, 3.8) is 0 Å². The predicted octanol–water partition coefficient (Wildman–Crippen LogP) is 4.96. The average molecular weight is 333 g/mol. The van der Waals surface area contributed by atoms with Gasteiger partial charge in [0.25, 0.3) is 0 Å². The van der Waals surface area contributed by atoms with Crippen LogP contribution in [-0.4, -0.2) is 24.4 Å². The summed E-state index contributed by atoms with van der Waals surface area (Å²) < 4.78 is 5.68. The van der Waals surface area contributed by atoms with E-state index in [1.54, 1.807) is 5.57 Å². The lowest BCUT2D eigenvalue weighted by molar-refractivity contribution is -0.0696. The van der Waals surface area contributed by atoms with Gasteiger partial charge in [0.05, 0.1) is 12.2 Å². The fourth-order valence-corrected chi connectivity index (χ4v) is 7.66. The first-order valence-corrected chi connectivity index (χ1v) is 10.3. The molecule has 6 unspecified atom stereocenters. The van der Waals surface area contributed by atoms with E-state index in [-0.39, 0.29) is 6.10 Å². The second kappa shape index (κ2) is 5.84. The van der Waals surface area contributed by atoms with E-state index in [9.17, 15) is 5.11 Å². The molecule has 0 aliphatic heterocycles. The van der Waals surface area contributed by atoms with Crippen LogP contribution in [0.1, 0.15) is 72.1 Å². The molecule has 3 saturated carbocycles. The summed E-state index contributed by atoms with van der Waals surface area (Å²) in [5, 5.41) is 10.3. The van der Waals surface area contributed by atoms with Crippen LogP contribution in [0.5, 0.6) is 0 Å². The Labute approximate surface area is 148 Å². The minimum atomic E-state index is -0.140. The van der Waals surface area contributed by atoms with Crippen molar-refractivity contribution >= 4 is 0 Å². The number of hydrogen-bond donors (Lipinski definition) is 1. The molecule has 1 N–H and O–H groups in total. The molecule has 0 spiro atoms. The molecule has 0 aromatic carbocycles. The lowest BCUT2D eigenvalue weighted by Gasteiger charge is -2.58. The Hall–Kier alpha value is -0.340. The fraction of sp³-hybridized carbons (Fsp3) is 0.909. The number of allylic oxidation sites excluding steroid dienone is 1. The van der Waals surface area contributed by atoms with Gasteiger partial charge in [0, 0.05) is 7.11 Å². The highest BCUT2D eigenvalue weighted by Gasteiger charge is 2.59. The van der Waals surface area contributed by atoms with Crippen molar-refractivity contribution in [2.45, 2.75) is 84.3 Å². The first-order valence-electron chi connectivity index (χ1n) is 10.3. The third kappa shape index (κ3) is 2.28. The van der Waals surface area contributed by atoms with Crippen molar-refractivity contribution in [3.8, 4) is 0 Å². The second-order valence-corrected chi connectivity index (χ2v) is 9.83. The van der Waals surface area contributed by atoms with Crippen LogP contribution in [0.3, 0.4) is 0 Å². The van der Waals surface area contributed by atoms with Crippen LogP contribution in [0.25, 0.3) is 0 Å². The maximum atomic E-state index is 10.3. The molecule has 0 saturated heterocycles. The highest BCUT2D eigenvalue weighted by atomic mass is 16.5. The molecular formula is C22H36O2. The molecule has 0 heterocycles. The molecular weight excluding hydrogens is 296 g/mol. The van der Waals surface area contributed by atoms with Crippen molar-refractivity contribution in [3.05, 3.63) is 11.6 Å². The number of hydrogen-bond acceptors (Lipinski definition) is 2. The highest BCUT2D eigenvalue weighted by molar-refractivity contribution is 5.25. The van der Waals surface area contributed by atoms with Crippen molar-refractivity contribution < 1.29 is 9.84 Å². The van der Waals surface area contributed by atoms with Crippen LogP contribution in [0.15, 0.2) is 11.6 Å². The van der Waals surface area contributed by atoms with Gasteiger partial charge >= 0.3 is 0 Å². The van der Waals surface area contributed by atoms with Crippen LogP contribution in [-0.2, 0) is 4.74 Å². The molecule has 0 aromatic heterocycles. The summed E-state index contributed by atoms with van der Waals surface area (Å²) in [5.41, 5.74) is 2.50. The monoisotopic (exact) mass is 332 g/mol. The van der Waals surface area contributed by atoms with Gasteiger partial charge in [-0.3, -0.25) is 0 Å². The Balaban J connectivity index is 1.62. The molecule has 4 aliphatic rings. The van der Waals surface area contributed by atoms with E-state index in [2.05, 4.69) is 19.9 Å². The Morgan fingerprint density at radius 1 is 1.12 bits per heavy atom. The zero-order valence-corrected chi connectivity index (χ0v) is 16.1. The summed E-state index contributed by atoms with van der Waals surface area (Å²) in [6, 6.07) is 0. The van der Waals surface area contributed by atoms with Gasteiger partial charge in [0.2, 0.25) is 0 Å². The lowest BCUT2D eigenvalue weighted by Crippen LogP contribution is -2.51. The van der Waals surface area contributed by atoms with Crippen LogP contribution in [0, 0.1) is 34.5 Å². The van der Waals surface area contributed by atoms with Crippen molar-refractivity contribution in [2.75, 3.05) is 7.11 Å². The Morgan fingerprint density at radius 3 is 2.62 bits per heavy atom. The standard InChI is InChI=1S/C22H36O2/c1-14(23)18-7-8-19-17-6-5-15-13-16(24-4)9-11-21(15,2)20(17)10-12-22(18,19)3/h5,14,16-20,23H,6-13H2,1-4H3/t14?,16?,17?,18-,19?,20?,21+,22?/m1/s1. The summed E-state index contributed by atoms with van der Waals surface area (Å²) in [7, 11) is 1.88. The number of aliphatic hydroxyl groups excluding tert-OH is 1. The van der Waals surface area contributed by atoms with Crippen molar-refractivity contribution in [1.82, 2.24) is 0 Å². The Morgan fingerprint density at radius 2 is 1.92 bits per heavy atom. The van der Waals surface area contributed by atoms with E-state index in [0.29, 0.717) is 22.9 Å². The number of aliphatic hydroxyl groups is 1. The molecule has 3 fully saturated rings. The number of fused-ring (bicyclic) bond motifs is 5. The van der Waals surface area contributed by atoms with E-state index >= 15 is 0 Å². The normalized spacial score (nSPS) is 52.0. The van der Waals surface area contributed by atoms with Crippen LogP contribution >= 0.6 is 0 Å². The SMILES string of the molecule is COC1CC[C@@]2(C)C(=CCC3C4CC[C@H](C(C)O)C4(C)CCC32)C1. The highest BCUT2D eigenvalue weighted by Crippen LogP contribution is 2.66. The van der Waals surface area contributed by atoms with E-state index in [0.717, 1.165) is 24.2 Å². The smallest absolute Gasteiger partial charge is 0.0608 e. The van der Waals surface area contributed by atoms with Crippen molar-refractivity contribution in [1.29, 1.82) is 0 Å². The molecule has 4 rings (SSSR count). The lowest BCUT2D eigenvalue weighted by atomic mass is 9.47. The van der Waals surface area contributed by atoms with Gasteiger partial charge in [-0.25, -0.2) is 0 Å². The van der Waals surface area contributed by atoms with Gasteiger partial charge in [0.15, 0.2) is 0 Å². The van der Waals surface area contributed by atoms with Gasteiger partial charge in [-0.15, -0.1) is 0 Å². The third-order valence-electron chi connectivity index (χ3n) is 9.05. The molecule has 0 amide bonds. The molecule has 0 bridgehead atoms. The summed E-state index contributed by atoms with van der Waals surface area (Å²) in [6.45, 7) is 7.09. The zero-order chi connectivity index (χ0) is 17.1. The first kappa shape index (κ1) is 17.1. The Bertz CT molecular complexity index is 524. The first-order chi connectivity index (χ1) is 11.4.